The maximum Gasteiger partial charge on any atom is 0.451 e. The summed E-state index contributed by atoms with van der Waals surface area (Å²) in [4.78, 5) is 13.5. The predicted molar refractivity (Wildman–Crippen MR) is 71.5 cm³/mol. The second-order valence-electron chi connectivity index (χ2n) is 5.62. The van der Waals surface area contributed by atoms with Crippen molar-refractivity contribution in [2.45, 2.75) is 50.5 Å². The number of rotatable bonds is 6. The van der Waals surface area contributed by atoms with Gasteiger partial charge in [-0.1, -0.05) is 12.8 Å². The molecule has 0 bridgehead atoms. The first kappa shape index (κ1) is 14.8. The highest BCUT2D eigenvalue weighted by Gasteiger charge is 2.43. The number of aliphatic carboxylic acids is 1. The Morgan fingerprint density at radius 2 is 2.11 bits per heavy atom. The number of unbranched alkanes of at least 4 members (excludes halogenated alkanes) is 1. The van der Waals surface area contributed by atoms with Crippen LogP contribution in [0.1, 0.15) is 32.1 Å². The van der Waals surface area contributed by atoms with Crippen LogP contribution in [0.5, 0.6) is 0 Å². The zero-order chi connectivity index (χ0) is 13.8. The summed E-state index contributed by atoms with van der Waals surface area (Å²) in [5, 5.41) is 30.2. The van der Waals surface area contributed by atoms with Crippen LogP contribution in [0.15, 0.2) is 0 Å². The Labute approximate surface area is 113 Å². The second kappa shape index (κ2) is 6.70. The summed E-state index contributed by atoms with van der Waals surface area (Å²) in [6, 6.07) is 0.406. The van der Waals surface area contributed by atoms with Crippen LogP contribution in [0.4, 0.5) is 0 Å². The van der Waals surface area contributed by atoms with E-state index in [1.165, 1.54) is 0 Å². The van der Waals surface area contributed by atoms with Gasteiger partial charge < -0.3 is 15.2 Å². The molecule has 1 saturated carbocycles. The van der Waals surface area contributed by atoms with Gasteiger partial charge in [-0.15, -0.1) is 0 Å². The summed E-state index contributed by atoms with van der Waals surface area (Å²) < 4.78 is 0. The van der Waals surface area contributed by atoms with Crippen molar-refractivity contribution < 1.29 is 19.9 Å². The maximum atomic E-state index is 11.2. The average Bonchev–Trinajstić information content (AvgIpc) is 2.77. The van der Waals surface area contributed by atoms with Crippen LogP contribution >= 0.6 is 0 Å². The fraction of sp³-hybridized carbons (Fsp3) is 0.917. The maximum absolute atomic E-state index is 11.2. The number of carboxylic acid groups (broad SMARTS) is 1. The van der Waals surface area contributed by atoms with Crippen molar-refractivity contribution in [1.82, 2.24) is 10.2 Å². The summed E-state index contributed by atoms with van der Waals surface area (Å²) in [5.41, 5.74) is 0. The Morgan fingerprint density at radius 3 is 2.79 bits per heavy atom. The number of nitrogens with one attached hydrogen (secondary N) is 1. The van der Waals surface area contributed by atoms with Crippen LogP contribution in [0, 0.1) is 5.92 Å². The quantitative estimate of drug-likeness (QED) is 0.392. The molecule has 108 valence electrons. The van der Waals surface area contributed by atoms with Crippen molar-refractivity contribution in [2.24, 2.45) is 5.92 Å². The number of fused-ring (bicyclic) bond motifs is 1. The molecule has 0 aromatic carbocycles. The molecule has 0 spiro atoms. The van der Waals surface area contributed by atoms with Crippen molar-refractivity contribution in [3.63, 3.8) is 0 Å². The number of nitrogens with zero attached hydrogens (tertiary/aromatic N) is 1. The summed E-state index contributed by atoms with van der Waals surface area (Å²) >= 11 is 0. The first-order valence-electron chi connectivity index (χ1n) is 7.16. The molecule has 3 unspecified atom stereocenters. The minimum Gasteiger partial charge on any atom is -0.481 e. The fourth-order valence-corrected chi connectivity index (χ4v) is 3.37. The van der Waals surface area contributed by atoms with Gasteiger partial charge in [0.15, 0.2) is 0 Å². The molecule has 3 atom stereocenters. The smallest absolute Gasteiger partial charge is 0.451 e. The highest BCUT2D eigenvalue weighted by atomic mass is 16.4. The highest BCUT2D eigenvalue weighted by Crippen LogP contribution is 2.31. The monoisotopic (exact) mass is 270 g/mol. The highest BCUT2D eigenvalue weighted by molar-refractivity contribution is 6.40. The third kappa shape index (κ3) is 3.69. The molecule has 1 aliphatic heterocycles. The normalized spacial score (nSPS) is 31.2. The molecule has 0 aromatic rings. The first-order chi connectivity index (χ1) is 9.09. The lowest BCUT2D eigenvalue weighted by molar-refractivity contribution is -0.144. The molecule has 6 nitrogen and oxygen atoms in total. The Kier molecular flexibility index (Phi) is 5.21. The van der Waals surface area contributed by atoms with Crippen LogP contribution in [-0.2, 0) is 4.79 Å². The van der Waals surface area contributed by atoms with E-state index in [0.717, 1.165) is 45.3 Å². The Balaban J connectivity index is 1.80. The van der Waals surface area contributed by atoms with Crippen molar-refractivity contribution in [3.8, 4) is 0 Å². The SMILES string of the molecule is O=C(O)C1CCCC2C1NCN2CCCCB(O)O. The minimum absolute atomic E-state index is 0.0784. The van der Waals surface area contributed by atoms with Crippen molar-refractivity contribution >= 4 is 13.1 Å². The summed E-state index contributed by atoms with van der Waals surface area (Å²) in [5.74, 6) is -0.949. The largest absolute Gasteiger partial charge is 0.481 e. The predicted octanol–water partition coefficient (Wildman–Crippen LogP) is -0.276. The summed E-state index contributed by atoms with van der Waals surface area (Å²) in [7, 11) is -1.21. The third-order valence-corrected chi connectivity index (χ3v) is 4.34. The molecule has 19 heavy (non-hydrogen) atoms. The van der Waals surface area contributed by atoms with Crippen LogP contribution in [0.3, 0.4) is 0 Å². The molecule has 2 fully saturated rings. The molecular weight excluding hydrogens is 247 g/mol. The number of hydrogen-bond donors (Lipinski definition) is 4. The van der Waals surface area contributed by atoms with Crippen molar-refractivity contribution in [1.29, 1.82) is 0 Å². The van der Waals surface area contributed by atoms with Crippen molar-refractivity contribution in [2.75, 3.05) is 13.2 Å². The van der Waals surface area contributed by atoms with E-state index in [9.17, 15) is 9.90 Å². The van der Waals surface area contributed by atoms with E-state index in [-0.39, 0.29) is 12.0 Å². The molecule has 2 aliphatic rings. The van der Waals surface area contributed by atoms with Crippen LogP contribution in [0.25, 0.3) is 0 Å². The number of carbonyl (C=O) groups is 1. The van der Waals surface area contributed by atoms with Crippen LogP contribution in [0.2, 0.25) is 6.32 Å². The lowest BCUT2D eigenvalue weighted by atomic mass is 9.81. The zero-order valence-corrected chi connectivity index (χ0v) is 11.2. The van der Waals surface area contributed by atoms with Crippen molar-refractivity contribution in [3.05, 3.63) is 0 Å². The fourth-order valence-electron chi connectivity index (χ4n) is 3.37. The van der Waals surface area contributed by atoms with Gasteiger partial charge >= 0.3 is 13.1 Å². The zero-order valence-electron chi connectivity index (χ0n) is 11.2. The van der Waals surface area contributed by atoms with Gasteiger partial charge in [0.2, 0.25) is 0 Å². The van der Waals surface area contributed by atoms with Gasteiger partial charge in [-0.25, -0.2) is 0 Å². The topological polar surface area (TPSA) is 93.0 Å². The van der Waals surface area contributed by atoms with E-state index in [1.807, 2.05) is 0 Å². The van der Waals surface area contributed by atoms with Crippen LogP contribution < -0.4 is 5.32 Å². The van der Waals surface area contributed by atoms with E-state index in [2.05, 4.69) is 10.2 Å². The summed E-state index contributed by atoms with van der Waals surface area (Å²) in [6.45, 7) is 1.65. The van der Waals surface area contributed by atoms with Crippen LogP contribution in [-0.4, -0.2) is 58.4 Å². The second-order valence-corrected chi connectivity index (χ2v) is 5.62. The molecule has 4 N–H and O–H groups in total. The van der Waals surface area contributed by atoms with Gasteiger partial charge in [-0.05, 0) is 32.1 Å². The van der Waals surface area contributed by atoms with Gasteiger partial charge in [-0.3, -0.25) is 15.0 Å². The summed E-state index contributed by atoms with van der Waals surface area (Å²) in [6.07, 6.45) is 4.92. The Hall–Kier alpha value is -0.625. The first-order valence-corrected chi connectivity index (χ1v) is 7.16. The number of hydrogen-bond acceptors (Lipinski definition) is 5. The Bertz CT molecular complexity index is 316. The third-order valence-electron chi connectivity index (χ3n) is 4.34. The minimum atomic E-state index is -1.21. The lowest BCUT2D eigenvalue weighted by Crippen LogP contribution is -2.47. The van der Waals surface area contributed by atoms with Gasteiger partial charge in [0.25, 0.3) is 0 Å². The molecule has 1 aliphatic carbocycles. The number of carboxylic acids is 1. The van der Waals surface area contributed by atoms with E-state index in [4.69, 9.17) is 10.0 Å². The van der Waals surface area contributed by atoms with E-state index in [0.29, 0.717) is 12.4 Å². The van der Waals surface area contributed by atoms with Gasteiger partial charge in [0.05, 0.1) is 5.92 Å². The Morgan fingerprint density at radius 1 is 1.32 bits per heavy atom. The molecule has 0 radical (unpaired) electrons. The van der Waals surface area contributed by atoms with Gasteiger partial charge in [0, 0.05) is 18.8 Å². The molecule has 2 rings (SSSR count). The standard InChI is InChI=1S/C12H23BN2O4/c16-12(17)9-4-3-5-10-11(9)14-8-15(10)7-2-1-6-13(18)19/h9-11,14,18-19H,1-8H2,(H,16,17). The van der Waals surface area contributed by atoms with E-state index >= 15 is 0 Å². The molecule has 7 heteroatoms. The molecule has 0 amide bonds. The molecule has 1 heterocycles. The average molecular weight is 270 g/mol. The van der Waals surface area contributed by atoms with Gasteiger partial charge in [0.1, 0.15) is 0 Å². The van der Waals surface area contributed by atoms with E-state index in [1.54, 1.807) is 0 Å². The lowest BCUT2D eigenvalue weighted by Gasteiger charge is -2.34. The molecule has 1 saturated heterocycles. The molecule has 0 aromatic heterocycles. The van der Waals surface area contributed by atoms with E-state index < -0.39 is 13.1 Å². The van der Waals surface area contributed by atoms with Gasteiger partial charge in [-0.2, -0.15) is 0 Å². The molecular formula is C12H23BN2O4.